The first-order chi connectivity index (χ1) is 22.2. The van der Waals surface area contributed by atoms with Gasteiger partial charge in [-0.15, -0.1) is 0 Å². The Morgan fingerprint density at radius 1 is 1.02 bits per heavy atom. The molecule has 3 aliphatic heterocycles. The molecule has 0 aromatic heterocycles. The number of methoxy groups -OCH3 is 2. The first-order valence-corrected chi connectivity index (χ1v) is 15.4. The smallest absolute Gasteiger partial charge is 0.231 e. The number of fused-ring (bicyclic) bond motifs is 5. The topological polar surface area (TPSA) is 133 Å². The second kappa shape index (κ2) is 10.9. The van der Waals surface area contributed by atoms with Gasteiger partial charge in [0, 0.05) is 24.1 Å². The summed E-state index contributed by atoms with van der Waals surface area (Å²) in [5.41, 5.74) is -3.20. The van der Waals surface area contributed by atoms with E-state index in [-0.39, 0.29) is 41.4 Å². The quantitative estimate of drug-likeness (QED) is 0.403. The van der Waals surface area contributed by atoms with E-state index in [9.17, 15) is 9.90 Å². The minimum atomic E-state index is -2.42. The molecule has 2 fully saturated rings. The van der Waals surface area contributed by atoms with Crippen LogP contribution < -0.4 is 29.0 Å². The van der Waals surface area contributed by atoms with Gasteiger partial charge in [0.15, 0.2) is 17.1 Å². The van der Waals surface area contributed by atoms with Gasteiger partial charge in [-0.2, -0.15) is 0 Å². The Kier molecular flexibility index (Phi) is 7.11. The van der Waals surface area contributed by atoms with Crippen LogP contribution in [0.15, 0.2) is 60.7 Å². The SMILES string of the molecule is COc1ccc([C@@]23Oc4cc5c(c(OC)c4[C@@](O)(C2=O)[C@H](C(=O)N2CCC[C@@H]2NC(=O)C(C)C)[C@H]3c2ccccc2)OCO5)cc1. The van der Waals surface area contributed by atoms with Crippen molar-refractivity contribution in [2.24, 2.45) is 11.8 Å². The van der Waals surface area contributed by atoms with Gasteiger partial charge in [-0.05, 0) is 30.5 Å². The number of nitrogens with zero attached hydrogens (tertiary/aromatic N) is 1. The lowest BCUT2D eigenvalue weighted by molar-refractivity contribution is -0.159. The second-order valence-corrected chi connectivity index (χ2v) is 12.4. The van der Waals surface area contributed by atoms with Crippen molar-refractivity contribution in [3.8, 4) is 28.7 Å². The third-order valence-electron chi connectivity index (χ3n) is 9.66. The van der Waals surface area contributed by atoms with E-state index >= 15 is 9.59 Å². The summed E-state index contributed by atoms with van der Waals surface area (Å²) in [4.78, 5) is 44.7. The number of aliphatic hydroxyl groups is 1. The molecule has 2 amide bonds. The van der Waals surface area contributed by atoms with Gasteiger partial charge in [0.2, 0.25) is 35.7 Å². The molecular formula is C35H36N2O9. The van der Waals surface area contributed by atoms with E-state index in [0.29, 0.717) is 42.0 Å². The van der Waals surface area contributed by atoms with Crippen molar-refractivity contribution >= 4 is 17.6 Å². The number of amides is 2. The molecule has 240 valence electrons. The predicted octanol–water partition coefficient (Wildman–Crippen LogP) is 3.61. The average molecular weight is 629 g/mol. The minimum absolute atomic E-state index is 0.00660. The third kappa shape index (κ3) is 4.10. The molecule has 1 aliphatic carbocycles. The zero-order valence-corrected chi connectivity index (χ0v) is 26.1. The number of rotatable bonds is 7. The number of carbonyl (C=O) groups is 3. The maximum atomic E-state index is 15.2. The average Bonchev–Trinajstić information content (AvgIpc) is 3.76. The Hall–Kier alpha value is -4.77. The summed E-state index contributed by atoms with van der Waals surface area (Å²) in [6.07, 6.45) is 0.578. The zero-order valence-electron chi connectivity index (χ0n) is 26.1. The van der Waals surface area contributed by atoms with Crippen LogP contribution in [-0.2, 0) is 25.6 Å². The molecule has 3 aromatic carbocycles. The van der Waals surface area contributed by atoms with Crippen molar-refractivity contribution in [1.82, 2.24) is 10.2 Å². The first kappa shape index (κ1) is 29.9. The second-order valence-electron chi connectivity index (χ2n) is 12.4. The van der Waals surface area contributed by atoms with Crippen molar-refractivity contribution < 1.29 is 43.2 Å². The number of benzene rings is 3. The lowest BCUT2D eigenvalue weighted by Crippen LogP contribution is -2.54. The van der Waals surface area contributed by atoms with Crippen molar-refractivity contribution in [3.05, 3.63) is 77.4 Å². The molecule has 7 rings (SSSR count). The van der Waals surface area contributed by atoms with E-state index in [0.717, 1.165) is 0 Å². The van der Waals surface area contributed by atoms with Gasteiger partial charge < -0.3 is 39.0 Å². The molecule has 46 heavy (non-hydrogen) atoms. The van der Waals surface area contributed by atoms with Crippen LogP contribution in [0.5, 0.6) is 28.7 Å². The highest BCUT2D eigenvalue weighted by atomic mass is 16.7. The van der Waals surface area contributed by atoms with Gasteiger partial charge in [0.1, 0.15) is 17.7 Å². The highest BCUT2D eigenvalue weighted by Gasteiger charge is 2.77. The van der Waals surface area contributed by atoms with E-state index in [4.69, 9.17) is 23.7 Å². The number of hydrogen-bond acceptors (Lipinski definition) is 9. The van der Waals surface area contributed by atoms with Crippen LogP contribution in [0.25, 0.3) is 0 Å². The van der Waals surface area contributed by atoms with Crippen LogP contribution >= 0.6 is 0 Å². The van der Waals surface area contributed by atoms with Crippen molar-refractivity contribution in [3.63, 3.8) is 0 Å². The van der Waals surface area contributed by atoms with Crippen LogP contribution in [-0.4, -0.2) is 61.3 Å². The van der Waals surface area contributed by atoms with Crippen LogP contribution in [0.3, 0.4) is 0 Å². The number of ether oxygens (including phenoxy) is 5. The van der Waals surface area contributed by atoms with Gasteiger partial charge >= 0.3 is 0 Å². The molecule has 11 nitrogen and oxygen atoms in total. The summed E-state index contributed by atoms with van der Waals surface area (Å²) in [6.45, 7) is 3.82. The number of likely N-dealkylation sites (tertiary alicyclic amines) is 1. The maximum Gasteiger partial charge on any atom is 0.231 e. The number of hydrogen-bond donors (Lipinski definition) is 2. The van der Waals surface area contributed by atoms with E-state index in [1.54, 1.807) is 56.2 Å². The Labute approximate surface area is 266 Å². The summed E-state index contributed by atoms with van der Waals surface area (Å²) in [7, 11) is 2.94. The van der Waals surface area contributed by atoms with Crippen molar-refractivity contribution in [2.75, 3.05) is 27.6 Å². The fraction of sp³-hybridized carbons (Fsp3) is 0.400. The molecule has 1 saturated heterocycles. The molecule has 0 spiro atoms. The Bertz CT molecular complexity index is 1710. The molecule has 2 N–H and O–H groups in total. The first-order valence-electron chi connectivity index (χ1n) is 15.4. The summed E-state index contributed by atoms with van der Waals surface area (Å²) in [6, 6.07) is 17.6. The van der Waals surface area contributed by atoms with Gasteiger partial charge in [0.25, 0.3) is 0 Å². The van der Waals surface area contributed by atoms with Gasteiger partial charge in [-0.3, -0.25) is 14.4 Å². The van der Waals surface area contributed by atoms with Crippen molar-refractivity contribution in [2.45, 2.75) is 50.0 Å². The monoisotopic (exact) mass is 628 g/mol. The van der Waals surface area contributed by atoms with Crippen molar-refractivity contribution in [1.29, 1.82) is 0 Å². The number of carbonyl (C=O) groups excluding carboxylic acids is 3. The highest BCUT2D eigenvalue weighted by molar-refractivity contribution is 6.08. The van der Waals surface area contributed by atoms with Crippen LogP contribution in [0.1, 0.15) is 49.3 Å². The maximum absolute atomic E-state index is 15.2. The summed E-state index contributed by atoms with van der Waals surface area (Å²) < 4.78 is 29.4. The number of nitrogens with one attached hydrogen (secondary N) is 1. The van der Waals surface area contributed by atoms with E-state index in [1.165, 1.54) is 7.11 Å². The normalized spacial score (nSPS) is 27.3. The molecule has 3 heterocycles. The van der Waals surface area contributed by atoms with Crippen LogP contribution in [0.2, 0.25) is 0 Å². The number of ketones is 1. The standard InChI is InChI=1S/C35H36N2O9/c1-19(2)31(38)36-25-11-8-16-37(25)32(39)28-26(20-9-6-5-7-10-20)35(21-12-14-22(42-3)15-13-21)33(40)34(28,41)27-23(46-35)17-24-29(30(27)43-4)45-18-44-24/h5-7,9-10,12-15,17,19,25-26,28,41H,8,11,16,18H2,1-4H3,(H,36,38)/t25-,26-,28+,34+,35+/m1/s1. The fourth-order valence-electron chi connectivity index (χ4n) is 7.53. The third-order valence-corrected chi connectivity index (χ3v) is 9.66. The van der Waals surface area contributed by atoms with E-state index in [1.807, 2.05) is 30.3 Å². The summed E-state index contributed by atoms with van der Waals surface area (Å²) in [5, 5.41) is 16.1. The summed E-state index contributed by atoms with van der Waals surface area (Å²) >= 11 is 0. The van der Waals surface area contributed by atoms with E-state index in [2.05, 4.69) is 5.32 Å². The zero-order chi connectivity index (χ0) is 32.4. The van der Waals surface area contributed by atoms with Gasteiger partial charge in [-0.1, -0.05) is 56.3 Å². The molecule has 5 atom stereocenters. The lowest BCUT2D eigenvalue weighted by Gasteiger charge is -2.40. The fourth-order valence-corrected chi connectivity index (χ4v) is 7.53. The summed E-state index contributed by atoms with van der Waals surface area (Å²) in [5.74, 6) is -2.75. The largest absolute Gasteiger partial charge is 0.497 e. The van der Waals surface area contributed by atoms with E-state index < -0.39 is 40.9 Å². The van der Waals surface area contributed by atoms with Crippen LogP contribution in [0, 0.1) is 11.8 Å². The molecular weight excluding hydrogens is 592 g/mol. The number of Topliss-reactive ketones (excluding diaryl/α,β-unsaturated/α-hetero) is 1. The Balaban J connectivity index is 1.50. The highest BCUT2D eigenvalue weighted by Crippen LogP contribution is 2.68. The van der Waals surface area contributed by atoms with Gasteiger partial charge in [-0.25, -0.2) is 0 Å². The van der Waals surface area contributed by atoms with Gasteiger partial charge in [0.05, 0.1) is 31.6 Å². The minimum Gasteiger partial charge on any atom is -0.497 e. The molecule has 2 bridgehead atoms. The lowest BCUT2D eigenvalue weighted by atomic mass is 9.75. The molecule has 0 radical (unpaired) electrons. The van der Waals surface area contributed by atoms with Crippen LogP contribution in [0.4, 0.5) is 0 Å². The molecule has 0 unspecified atom stereocenters. The Morgan fingerprint density at radius 2 is 1.76 bits per heavy atom. The Morgan fingerprint density at radius 3 is 2.43 bits per heavy atom. The predicted molar refractivity (Wildman–Crippen MR) is 164 cm³/mol. The molecule has 4 aliphatic rings. The molecule has 11 heteroatoms. The molecule has 1 saturated carbocycles. The molecule has 3 aromatic rings.